The fraction of sp³-hybridized carbons (Fsp3) is 0.297. The van der Waals surface area contributed by atoms with E-state index in [1.165, 1.54) is 55.1 Å². The maximum atomic E-state index is 4.76. The normalized spacial score (nSPS) is 12.4. The summed E-state index contributed by atoms with van der Waals surface area (Å²) in [7, 11) is -2.40. The SMILES string of the molecule is Cc1cc(C)c([P+](/C=C/c2ccccc2)(NN=NCc2ccc(C(C)(C)C)cc2)c2c(C)cc(C)cc2C)c(C)c1. The largest absolute Gasteiger partial charge is 0.214 e. The molecule has 0 radical (unpaired) electrons. The highest BCUT2D eigenvalue weighted by atomic mass is 31.2. The van der Waals surface area contributed by atoms with Crippen molar-refractivity contribution in [1.29, 1.82) is 0 Å². The van der Waals surface area contributed by atoms with Crippen LogP contribution < -0.4 is 15.8 Å². The van der Waals surface area contributed by atoms with Crippen LogP contribution in [0.25, 0.3) is 6.08 Å². The van der Waals surface area contributed by atoms with Crippen molar-refractivity contribution in [2.24, 2.45) is 10.3 Å². The van der Waals surface area contributed by atoms with Crippen molar-refractivity contribution in [1.82, 2.24) is 5.20 Å². The first-order valence-corrected chi connectivity index (χ1v) is 16.3. The Bertz CT molecular complexity index is 1460. The van der Waals surface area contributed by atoms with Crippen LogP contribution in [0.3, 0.4) is 0 Å². The summed E-state index contributed by atoms with van der Waals surface area (Å²) in [6.07, 6.45) is 2.25. The fourth-order valence-electron chi connectivity index (χ4n) is 5.94. The van der Waals surface area contributed by atoms with Crippen LogP contribution in [0.1, 0.15) is 70.8 Å². The molecule has 3 nitrogen and oxygen atoms in total. The van der Waals surface area contributed by atoms with E-state index in [9.17, 15) is 0 Å². The molecule has 1 N–H and O–H groups in total. The first-order valence-electron chi connectivity index (χ1n) is 14.4. The van der Waals surface area contributed by atoms with Crippen molar-refractivity contribution < 1.29 is 0 Å². The highest BCUT2D eigenvalue weighted by Gasteiger charge is 2.47. The minimum Gasteiger partial charge on any atom is -0.163 e. The summed E-state index contributed by atoms with van der Waals surface area (Å²) in [5.41, 5.74) is 11.4. The zero-order valence-electron chi connectivity index (χ0n) is 26.2. The van der Waals surface area contributed by atoms with Crippen molar-refractivity contribution in [2.45, 2.75) is 74.3 Å². The zero-order chi connectivity index (χ0) is 29.8. The molecule has 4 aromatic carbocycles. The van der Waals surface area contributed by atoms with Crippen molar-refractivity contribution in [3.63, 3.8) is 0 Å². The number of benzene rings is 4. The summed E-state index contributed by atoms with van der Waals surface area (Å²) in [5.74, 6) is 2.38. The lowest BCUT2D eigenvalue weighted by atomic mass is 9.87. The van der Waals surface area contributed by atoms with E-state index in [-0.39, 0.29) is 5.41 Å². The minimum absolute atomic E-state index is 0.129. The van der Waals surface area contributed by atoms with E-state index in [4.69, 9.17) is 5.22 Å². The second kappa shape index (κ2) is 12.5. The molecule has 0 aliphatic heterocycles. The van der Waals surface area contributed by atoms with Gasteiger partial charge in [-0.25, -0.2) is 0 Å². The van der Waals surface area contributed by atoms with E-state index in [2.05, 4.69) is 163 Å². The average Bonchev–Trinajstić information content (AvgIpc) is 2.89. The third-order valence-electron chi connectivity index (χ3n) is 7.61. The van der Waals surface area contributed by atoms with E-state index in [0.717, 1.165) is 5.56 Å². The van der Waals surface area contributed by atoms with E-state index in [0.29, 0.717) is 6.54 Å². The van der Waals surface area contributed by atoms with Crippen LogP contribution in [-0.4, -0.2) is 0 Å². The van der Waals surface area contributed by atoms with E-state index in [1.54, 1.807) is 0 Å². The monoisotopic (exact) mass is 562 g/mol. The van der Waals surface area contributed by atoms with Gasteiger partial charge in [0.15, 0.2) is 0 Å². The van der Waals surface area contributed by atoms with Crippen molar-refractivity contribution in [3.8, 4) is 0 Å². The van der Waals surface area contributed by atoms with Gasteiger partial charge in [0.2, 0.25) is 7.41 Å². The molecule has 0 aliphatic carbocycles. The van der Waals surface area contributed by atoms with E-state index < -0.39 is 7.41 Å². The van der Waals surface area contributed by atoms with Gasteiger partial charge in [0.25, 0.3) is 0 Å². The quantitative estimate of drug-likeness (QED) is 0.130. The van der Waals surface area contributed by atoms with Gasteiger partial charge in [0.05, 0.1) is 12.4 Å². The maximum absolute atomic E-state index is 4.76. The van der Waals surface area contributed by atoms with Gasteiger partial charge >= 0.3 is 0 Å². The molecule has 0 amide bonds. The van der Waals surface area contributed by atoms with Gasteiger partial charge in [0.1, 0.15) is 10.6 Å². The molecule has 4 aromatic rings. The van der Waals surface area contributed by atoms with Crippen LogP contribution in [0.4, 0.5) is 0 Å². The summed E-state index contributed by atoms with van der Waals surface area (Å²) in [6.45, 7) is 20.5. The Labute approximate surface area is 248 Å². The smallest absolute Gasteiger partial charge is 0.163 e. The van der Waals surface area contributed by atoms with Crippen molar-refractivity contribution in [2.75, 3.05) is 0 Å². The molecule has 212 valence electrons. The highest BCUT2D eigenvalue weighted by molar-refractivity contribution is 7.90. The summed E-state index contributed by atoms with van der Waals surface area (Å²) in [5, 5.41) is 15.8. The molecule has 0 spiro atoms. The standard InChI is InChI=1S/C37H45N3P/c1-26-21-28(3)35(29(4)22-26)41(20-19-32-13-11-10-12-14-32,36-30(5)23-27(2)24-31(36)6)40-39-38-25-33-15-17-34(18-16-33)37(7,8)9/h10-24H,25H2,1-9H3,(H,38,40)/q+1/b20-19+. The molecular formula is C37H45N3P+. The fourth-order valence-corrected chi connectivity index (χ4v) is 9.82. The highest BCUT2D eigenvalue weighted by Crippen LogP contribution is 2.57. The van der Waals surface area contributed by atoms with Gasteiger partial charge in [-0.3, -0.25) is 0 Å². The van der Waals surface area contributed by atoms with Gasteiger partial charge in [-0.05, 0) is 97.2 Å². The minimum atomic E-state index is -2.40. The first-order chi connectivity index (χ1) is 19.4. The predicted molar refractivity (Wildman–Crippen MR) is 180 cm³/mol. The Morgan fingerprint density at radius 2 is 1.17 bits per heavy atom. The lowest BCUT2D eigenvalue weighted by Crippen LogP contribution is -2.35. The number of aryl methyl sites for hydroxylation is 6. The molecule has 4 heteroatoms. The van der Waals surface area contributed by atoms with Gasteiger partial charge in [0, 0.05) is 0 Å². The summed E-state index contributed by atoms with van der Waals surface area (Å²) < 4.78 is 0. The van der Waals surface area contributed by atoms with Crippen LogP contribution >= 0.6 is 7.41 Å². The Kier molecular flexibility index (Phi) is 9.30. The Morgan fingerprint density at radius 1 is 0.683 bits per heavy atom. The number of rotatable bonds is 8. The van der Waals surface area contributed by atoms with Crippen LogP contribution in [0.15, 0.2) is 95.0 Å². The summed E-state index contributed by atoms with van der Waals surface area (Å²) in [6, 6.07) is 28.4. The van der Waals surface area contributed by atoms with Gasteiger partial charge in [-0.1, -0.05) is 111 Å². The van der Waals surface area contributed by atoms with Crippen LogP contribution in [0.5, 0.6) is 0 Å². The van der Waals surface area contributed by atoms with Crippen molar-refractivity contribution >= 4 is 24.1 Å². The average molecular weight is 563 g/mol. The molecule has 0 saturated carbocycles. The molecule has 0 aliphatic rings. The number of nitrogens with one attached hydrogen (secondary N) is 1. The third-order valence-corrected chi connectivity index (χ3v) is 11.4. The first kappa shape index (κ1) is 30.4. The van der Waals surface area contributed by atoms with Gasteiger partial charge < -0.3 is 0 Å². The molecule has 0 atom stereocenters. The number of nitrogens with zero attached hydrogens (tertiary/aromatic N) is 2. The van der Waals surface area contributed by atoms with Crippen molar-refractivity contribution in [3.05, 3.63) is 135 Å². The maximum Gasteiger partial charge on any atom is 0.214 e. The van der Waals surface area contributed by atoms with Crippen LogP contribution in [-0.2, 0) is 12.0 Å². The molecule has 0 unspecified atom stereocenters. The summed E-state index contributed by atoms with van der Waals surface area (Å²) >= 11 is 0. The molecule has 0 saturated heterocycles. The second-order valence-corrected chi connectivity index (χ2v) is 15.2. The topological polar surface area (TPSA) is 36.8 Å². The Morgan fingerprint density at radius 3 is 1.63 bits per heavy atom. The molecule has 4 rings (SSSR count). The third kappa shape index (κ3) is 7.03. The molecule has 0 aromatic heterocycles. The molecule has 0 heterocycles. The molecule has 0 fully saturated rings. The van der Waals surface area contributed by atoms with Crippen LogP contribution in [0.2, 0.25) is 0 Å². The second-order valence-electron chi connectivity index (χ2n) is 12.4. The zero-order valence-corrected chi connectivity index (χ0v) is 27.1. The van der Waals surface area contributed by atoms with Crippen LogP contribution in [0, 0.1) is 41.5 Å². The molecule has 41 heavy (non-hydrogen) atoms. The lowest BCUT2D eigenvalue weighted by molar-refractivity contribution is 0.590. The number of hydrogen-bond donors (Lipinski definition) is 1. The Balaban J connectivity index is 1.86. The number of hydrogen-bond acceptors (Lipinski definition) is 2. The molecular weight excluding hydrogens is 517 g/mol. The van der Waals surface area contributed by atoms with Gasteiger partial charge in [-0.15, -0.1) is 0 Å². The summed E-state index contributed by atoms with van der Waals surface area (Å²) in [4.78, 5) is 0. The van der Waals surface area contributed by atoms with E-state index in [1.807, 2.05) is 0 Å². The predicted octanol–water partition coefficient (Wildman–Crippen LogP) is 9.55. The van der Waals surface area contributed by atoms with E-state index >= 15 is 0 Å². The Hall–Kier alpha value is -3.55. The molecule has 0 bridgehead atoms. The van der Waals surface area contributed by atoms with Gasteiger partial charge in [-0.2, -0.15) is 10.3 Å². The lowest BCUT2D eigenvalue weighted by Gasteiger charge is -2.28.